The molecule has 0 saturated heterocycles. The molecule has 2 aromatic carbocycles. The van der Waals surface area contributed by atoms with E-state index in [1.165, 1.54) is 12.1 Å². The van der Waals surface area contributed by atoms with E-state index in [0.29, 0.717) is 36.1 Å². The zero-order valence-corrected chi connectivity index (χ0v) is 15.6. The van der Waals surface area contributed by atoms with E-state index in [0.717, 1.165) is 29.7 Å². The number of hydrogen-bond donors (Lipinski definition) is 2. The fourth-order valence-electron chi connectivity index (χ4n) is 3.85. The van der Waals surface area contributed by atoms with Crippen LogP contribution in [-0.2, 0) is 23.8 Å². The first kappa shape index (κ1) is 19.5. The summed E-state index contributed by atoms with van der Waals surface area (Å²) in [5.41, 5.74) is 3.03. The number of halogens is 3. The molecule has 4 nitrogen and oxygen atoms in total. The van der Waals surface area contributed by atoms with E-state index in [1.807, 2.05) is 12.1 Å². The molecule has 0 radical (unpaired) electrons. The van der Waals surface area contributed by atoms with Crippen LogP contribution in [0.3, 0.4) is 0 Å². The molecule has 29 heavy (non-hydrogen) atoms. The van der Waals surface area contributed by atoms with Crippen LogP contribution in [0.1, 0.15) is 35.1 Å². The highest BCUT2D eigenvalue weighted by atomic mass is 19.4. The molecule has 2 aromatic rings. The van der Waals surface area contributed by atoms with Crippen LogP contribution in [0.5, 0.6) is 5.75 Å². The molecule has 1 aliphatic carbocycles. The van der Waals surface area contributed by atoms with Crippen molar-refractivity contribution < 1.29 is 27.8 Å². The van der Waals surface area contributed by atoms with Gasteiger partial charge in [-0.1, -0.05) is 18.2 Å². The Balaban J connectivity index is 1.58. The maximum atomic E-state index is 12.9. The molecule has 0 saturated carbocycles. The number of carbonyl (C=O) groups is 1. The minimum atomic E-state index is -4.45. The monoisotopic (exact) mass is 403 g/mol. The van der Waals surface area contributed by atoms with Crippen molar-refractivity contribution in [2.24, 2.45) is 0 Å². The van der Waals surface area contributed by atoms with Gasteiger partial charge >= 0.3 is 6.18 Å². The van der Waals surface area contributed by atoms with E-state index in [9.17, 15) is 23.1 Å². The number of aliphatic hydroxyl groups excluding tert-OH is 1. The zero-order chi connectivity index (χ0) is 20.6. The van der Waals surface area contributed by atoms with Crippen molar-refractivity contribution in [3.8, 4) is 5.75 Å². The number of anilines is 1. The second-order valence-electron chi connectivity index (χ2n) is 7.31. The SMILES string of the molecule is O=C(/C=C1\CCOc2cc(C(F)(F)F)ccc21)Nc1cccc2c1C[C@@H](O)CC2. The van der Waals surface area contributed by atoms with Crippen molar-refractivity contribution in [1.82, 2.24) is 0 Å². The molecule has 0 aromatic heterocycles. The second-order valence-corrected chi connectivity index (χ2v) is 7.31. The number of nitrogens with one attached hydrogen (secondary N) is 1. The average molecular weight is 403 g/mol. The number of fused-ring (bicyclic) bond motifs is 2. The van der Waals surface area contributed by atoms with Gasteiger partial charge in [-0.3, -0.25) is 4.79 Å². The van der Waals surface area contributed by atoms with Gasteiger partial charge in [0, 0.05) is 30.2 Å². The van der Waals surface area contributed by atoms with E-state index in [-0.39, 0.29) is 18.3 Å². The van der Waals surface area contributed by atoms with Crippen LogP contribution in [0.2, 0.25) is 0 Å². The fraction of sp³-hybridized carbons (Fsp3) is 0.318. The quantitative estimate of drug-likeness (QED) is 0.733. The van der Waals surface area contributed by atoms with Gasteiger partial charge in [0.15, 0.2) is 0 Å². The summed E-state index contributed by atoms with van der Waals surface area (Å²) in [5, 5.41) is 12.8. The molecule has 0 bridgehead atoms. The summed E-state index contributed by atoms with van der Waals surface area (Å²) in [6.07, 6.45) is -1.10. The van der Waals surface area contributed by atoms with Crippen LogP contribution < -0.4 is 10.1 Å². The Bertz CT molecular complexity index is 982. The zero-order valence-electron chi connectivity index (χ0n) is 15.6. The van der Waals surface area contributed by atoms with Gasteiger partial charge < -0.3 is 15.2 Å². The lowest BCUT2D eigenvalue weighted by molar-refractivity contribution is -0.137. The number of alkyl halides is 3. The molecular weight excluding hydrogens is 383 g/mol. The summed E-state index contributed by atoms with van der Waals surface area (Å²) in [5.74, 6) is -0.230. The normalized spacial score (nSPS) is 19.9. The van der Waals surface area contributed by atoms with Crippen molar-refractivity contribution in [2.45, 2.75) is 38.0 Å². The third-order valence-corrected chi connectivity index (χ3v) is 5.31. The highest BCUT2D eigenvalue weighted by molar-refractivity contribution is 6.05. The van der Waals surface area contributed by atoms with Gasteiger partial charge in [-0.15, -0.1) is 0 Å². The Hall–Kier alpha value is -2.80. The molecule has 1 atom stereocenters. The third-order valence-electron chi connectivity index (χ3n) is 5.31. The number of aliphatic hydroxyl groups is 1. The number of benzene rings is 2. The Morgan fingerprint density at radius 3 is 2.83 bits per heavy atom. The lowest BCUT2D eigenvalue weighted by Gasteiger charge is -2.23. The van der Waals surface area contributed by atoms with Crippen LogP contribution in [0.15, 0.2) is 42.5 Å². The van der Waals surface area contributed by atoms with Gasteiger partial charge in [0.1, 0.15) is 5.75 Å². The molecule has 0 fully saturated rings. The minimum Gasteiger partial charge on any atom is -0.493 e. The van der Waals surface area contributed by atoms with Crippen molar-refractivity contribution in [2.75, 3.05) is 11.9 Å². The lowest BCUT2D eigenvalue weighted by Crippen LogP contribution is -2.21. The Morgan fingerprint density at radius 1 is 1.21 bits per heavy atom. The largest absolute Gasteiger partial charge is 0.493 e. The Morgan fingerprint density at radius 2 is 2.03 bits per heavy atom. The molecule has 2 N–H and O–H groups in total. The van der Waals surface area contributed by atoms with E-state index in [2.05, 4.69) is 5.32 Å². The number of rotatable bonds is 2. The first-order valence-electron chi connectivity index (χ1n) is 9.46. The maximum absolute atomic E-state index is 12.9. The van der Waals surface area contributed by atoms with Crippen molar-refractivity contribution >= 4 is 17.2 Å². The van der Waals surface area contributed by atoms with Crippen LogP contribution in [0.4, 0.5) is 18.9 Å². The fourth-order valence-corrected chi connectivity index (χ4v) is 3.85. The number of aryl methyl sites for hydroxylation is 1. The maximum Gasteiger partial charge on any atom is 0.416 e. The van der Waals surface area contributed by atoms with Crippen LogP contribution in [0.25, 0.3) is 5.57 Å². The van der Waals surface area contributed by atoms with E-state index in [4.69, 9.17) is 4.74 Å². The first-order chi connectivity index (χ1) is 13.8. The molecule has 0 unspecified atom stereocenters. The molecule has 2 aliphatic rings. The van der Waals surface area contributed by atoms with Gasteiger partial charge in [0.05, 0.1) is 18.3 Å². The lowest BCUT2D eigenvalue weighted by atomic mass is 9.88. The predicted molar refractivity (Wildman–Crippen MR) is 103 cm³/mol. The second kappa shape index (κ2) is 7.55. The molecule has 7 heteroatoms. The van der Waals surface area contributed by atoms with Crippen molar-refractivity contribution in [3.63, 3.8) is 0 Å². The summed E-state index contributed by atoms with van der Waals surface area (Å²) >= 11 is 0. The molecular formula is C22H20F3NO3. The average Bonchev–Trinajstić information content (AvgIpc) is 2.67. The summed E-state index contributed by atoms with van der Waals surface area (Å²) in [6, 6.07) is 8.95. The highest BCUT2D eigenvalue weighted by Gasteiger charge is 2.32. The molecule has 1 aliphatic heterocycles. The van der Waals surface area contributed by atoms with Gasteiger partial charge in [0.2, 0.25) is 5.91 Å². The standard InChI is InChI=1S/C22H20F3NO3/c23-22(24,25)15-5-7-17-14(8-9-29-20(17)11-15)10-21(28)26-19-3-1-2-13-4-6-16(27)12-18(13)19/h1-3,5,7,10-11,16,27H,4,6,8-9,12H2,(H,26,28)/b14-10+/t16-/m0/s1. The van der Waals surface area contributed by atoms with Crippen LogP contribution in [0, 0.1) is 0 Å². The minimum absolute atomic E-state index is 0.130. The van der Waals surface area contributed by atoms with Gasteiger partial charge in [-0.2, -0.15) is 13.2 Å². The first-order valence-corrected chi connectivity index (χ1v) is 9.46. The highest BCUT2D eigenvalue weighted by Crippen LogP contribution is 2.38. The number of hydrogen-bond acceptors (Lipinski definition) is 3. The third kappa shape index (κ3) is 4.15. The van der Waals surface area contributed by atoms with E-state index >= 15 is 0 Å². The van der Waals surface area contributed by atoms with E-state index < -0.39 is 17.8 Å². The van der Waals surface area contributed by atoms with Gasteiger partial charge in [0.25, 0.3) is 0 Å². The Kier molecular flexibility index (Phi) is 5.08. The smallest absolute Gasteiger partial charge is 0.416 e. The summed E-state index contributed by atoms with van der Waals surface area (Å²) in [4.78, 5) is 12.6. The van der Waals surface area contributed by atoms with Gasteiger partial charge in [-0.05, 0) is 47.7 Å². The number of ether oxygens (including phenoxy) is 1. The van der Waals surface area contributed by atoms with Crippen LogP contribution in [-0.4, -0.2) is 23.7 Å². The number of amides is 1. The number of carbonyl (C=O) groups excluding carboxylic acids is 1. The summed E-state index contributed by atoms with van der Waals surface area (Å²) in [7, 11) is 0. The van der Waals surface area contributed by atoms with Gasteiger partial charge in [-0.25, -0.2) is 0 Å². The molecule has 4 rings (SSSR count). The topological polar surface area (TPSA) is 58.6 Å². The molecule has 1 heterocycles. The van der Waals surface area contributed by atoms with Crippen molar-refractivity contribution in [3.05, 3.63) is 64.7 Å². The van der Waals surface area contributed by atoms with E-state index in [1.54, 1.807) is 6.07 Å². The predicted octanol–water partition coefficient (Wildman–Crippen LogP) is 4.36. The van der Waals surface area contributed by atoms with Crippen LogP contribution >= 0.6 is 0 Å². The molecule has 1 amide bonds. The van der Waals surface area contributed by atoms with Crippen molar-refractivity contribution in [1.29, 1.82) is 0 Å². The Labute approximate surface area is 166 Å². The summed E-state index contributed by atoms with van der Waals surface area (Å²) in [6.45, 7) is 0.209. The molecule has 0 spiro atoms. The molecule has 152 valence electrons. The summed E-state index contributed by atoms with van der Waals surface area (Å²) < 4.78 is 44.1.